The lowest BCUT2D eigenvalue weighted by Gasteiger charge is -2.05. The summed E-state index contributed by atoms with van der Waals surface area (Å²) in [6.07, 6.45) is -0.782. The highest BCUT2D eigenvalue weighted by Gasteiger charge is 1.95. The second-order valence-corrected chi connectivity index (χ2v) is 1.56. The predicted octanol–water partition coefficient (Wildman–Crippen LogP) is 2.34. The molecule has 0 heterocycles. The van der Waals surface area contributed by atoms with Crippen molar-refractivity contribution in [2.75, 3.05) is 0 Å². The van der Waals surface area contributed by atoms with Crippen molar-refractivity contribution in [3.63, 3.8) is 0 Å². The maximum atomic E-state index is 7.32. The third-order valence-electron chi connectivity index (χ3n) is 0.979. The van der Waals surface area contributed by atoms with E-state index >= 15 is 0 Å². The molecule has 0 aromatic rings. The smallest absolute Gasteiger partial charge is 0.0267 e. The van der Waals surface area contributed by atoms with Gasteiger partial charge in [-0.2, -0.15) is 0 Å². The molecule has 6 heavy (non-hydrogen) atoms. The lowest BCUT2D eigenvalue weighted by atomic mass is 10.0. The maximum Gasteiger partial charge on any atom is 0.0267 e. The molecular formula is C6H12. The lowest BCUT2D eigenvalue weighted by molar-refractivity contribution is 0.504. The second kappa shape index (κ2) is 2.22. The first kappa shape index (κ1) is 1.50. The summed E-state index contributed by atoms with van der Waals surface area (Å²) in [4.78, 5) is 0. The summed E-state index contributed by atoms with van der Waals surface area (Å²) in [5.41, 5.74) is 0. The van der Waals surface area contributed by atoms with Gasteiger partial charge in [0, 0.05) is 5.48 Å². The van der Waals surface area contributed by atoms with E-state index in [1.165, 1.54) is 0 Å². The normalized spacial score (nSPS) is 50.7. The molecule has 0 aliphatic heterocycles. The van der Waals surface area contributed by atoms with Crippen molar-refractivity contribution in [1.82, 2.24) is 0 Å². The third kappa shape index (κ3) is 1.00. The van der Waals surface area contributed by atoms with Gasteiger partial charge in [-0.25, -0.2) is 0 Å². The molecule has 1 aliphatic carbocycles. The molecule has 1 rings (SSSR count). The number of rotatable bonds is 0. The quantitative estimate of drug-likeness (QED) is 0.426. The van der Waals surface area contributed by atoms with Gasteiger partial charge in [0.1, 0.15) is 0 Å². The third-order valence-corrected chi connectivity index (χ3v) is 0.979. The fraction of sp³-hybridized carbons (Fsp3) is 1.00. The van der Waals surface area contributed by atoms with Gasteiger partial charge in [-0.1, -0.05) is 38.4 Å². The number of hydrogen-bond donors (Lipinski definition) is 0. The Hall–Kier alpha value is 0. The summed E-state index contributed by atoms with van der Waals surface area (Å²) in [7, 11) is 0. The summed E-state index contributed by atoms with van der Waals surface area (Å²) in [6, 6.07) is 0. The molecular weight excluding hydrogens is 72.1 g/mol. The van der Waals surface area contributed by atoms with E-state index in [1.807, 2.05) is 0 Å². The molecule has 36 valence electrons. The first-order chi connectivity index (χ1) is 4.46. The van der Waals surface area contributed by atoms with E-state index in [1.54, 1.807) is 0 Å². The van der Waals surface area contributed by atoms with E-state index in [0.29, 0.717) is 12.8 Å². The van der Waals surface area contributed by atoms with Crippen molar-refractivity contribution in [1.29, 1.82) is 0 Å². The van der Waals surface area contributed by atoms with Crippen molar-refractivity contribution in [3.05, 3.63) is 0 Å². The van der Waals surface area contributed by atoms with Crippen LogP contribution in [0.1, 0.15) is 43.9 Å². The molecule has 0 unspecified atom stereocenters. The highest BCUT2D eigenvalue weighted by atomic mass is 14.0. The van der Waals surface area contributed by atoms with Crippen molar-refractivity contribution < 1.29 is 5.48 Å². The predicted molar refractivity (Wildman–Crippen MR) is 27.7 cm³/mol. The topological polar surface area (TPSA) is 0 Å². The fourth-order valence-corrected chi connectivity index (χ4v) is 0.604. The summed E-state index contributed by atoms with van der Waals surface area (Å²) in [5.74, 6) is 0. The Morgan fingerprint density at radius 2 is 1.33 bits per heavy atom. The Labute approximate surface area is 45.2 Å². The fourth-order valence-electron chi connectivity index (χ4n) is 0.604. The second-order valence-electron chi connectivity index (χ2n) is 1.56. The van der Waals surface area contributed by atoms with Gasteiger partial charge in [0.05, 0.1) is 0 Å². The molecule has 0 N–H and O–H groups in total. The van der Waals surface area contributed by atoms with Gasteiger partial charge in [-0.05, 0) is 0 Å². The van der Waals surface area contributed by atoms with Crippen LogP contribution in [0.4, 0.5) is 0 Å². The molecule has 0 saturated heterocycles. The van der Waals surface area contributed by atoms with Crippen LogP contribution in [-0.4, -0.2) is 0 Å². The van der Waals surface area contributed by atoms with E-state index in [0.717, 1.165) is 12.8 Å². The van der Waals surface area contributed by atoms with Crippen LogP contribution in [0.25, 0.3) is 0 Å². The zero-order valence-electron chi connectivity index (χ0n) is 7.83. The monoisotopic (exact) mass is 88.1 g/mol. The van der Waals surface area contributed by atoms with Crippen molar-refractivity contribution in [3.8, 4) is 0 Å². The molecule has 1 saturated carbocycles. The summed E-state index contributed by atoms with van der Waals surface area (Å²) < 4.78 is 29.3. The van der Waals surface area contributed by atoms with E-state index in [4.69, 9.17) is 5.48 Å². The highest BCUT2D eigenvalue weighted by Crippen LogP contribution is 2.15. The van der Waals surface area contributed by atoms with Gasteiger partial charge < -0.3 is 0 Å². The van der Waals surface area contributed by atoms with Crippen LogP contribution in [0.15, 0.2) is 0 Å². The van der Waals surface area contributed by atoms with E-state index in [-0.39, 0.29) is 0 Å². The van der Waals surface area contributed by atoms with Crippen molar-refractivity contribution in [2.45, 2.75) is 38.4 Å². The van der Waals surface area contributed by atoms with Gasteiger partial charge in [-0.3, -0.25) is 0 Å². The largest absolute Gasteiger partial charge is 0.0533 e. The van der Waals surface area contributed by atoms with E-state index in [2.05, 4.69) is 0 Å². The summed E-state index contributed by atoms with van der Waals surface area (Å²) >= 11 is 0. The van der Waals surface area contributed by atoms with E-state index < -0.39 is 12.7 Å². The van der Waals surface area contributed by atoms with E-state index in [9.17, 15) is 0 Å². The van der Waals surface area contributed by atoms with Crippen molar-refractivity contribution in [2.24, 2.45) is 0 Å². The minimum atomic E-state index is -1.59. The highest BCUT2D eigenvalue weighted by molar-refractivity contribution is 4.51. The molecule has 0 atom stereocenters. The van der Waals surface area contributed by atoms with Crippen LogP contribution in [0, 0.1) is 0 Å². The van der Waals surface area contributed by atoms with Crippen LogP contribution < -0.4 is 0 Å². The molecule has 0 radical (unpaired) electrons. The zero-order chi connectivity index (χ0) is 7.83. The van der Waals surface area contributed by atoms with Crippen LogP contribution in [0.2, 0.25) is 0 Å². The molecule has 0 bridgehead atoms. The first-order valence-corrected chi connectivity index (χ1v) is 2.46. The first-order valence-electron chi connectivity index (χ1n) is 4.46. The minimum absolute atomic E-state index is 0.375. The molecule has 0 aromatic heterocycles. The summed E-state index contributed by atoms with van der Waals surface area (Å²) in [6.45, 7) is 0. The van der Waals surface area contributed by atoms with Crippen LogP contribution in [0.3, 0.4) is 0 Å². The molecule has 1 fully saturated rings. The Balaban J connectivity index is 2.70. The maximum absolute atomic E-state index is 7.32. The molecule has 1 aliphatic rings. The summed E-state index contributed by atoms with van der Waals surface area (Å²) in [5, 5.41) is 0. The Morgan fingerprint density at radius 1 is 0.833 bits per heavy atom. The molecule has 0 amide bonds. The zero-order valence-corrected chi connectivity index (χ0v) is 3.83. The molecule has 0 aromatic carbocycles. The molecule has 0 spiro atoms. The Kier molecular flexibility index (Phi) is 0.556. The average molecular weight is 88.2 g/mol. The minimum Gasteiger partial charge on any atom is -0.0533 e. The van der Waals surface area contributed by atoms with Crippen LogP contribution in [-0.2, 0) is 0 Å². The van der Waals surface area contributed by atoms with Gasteiger partial charge >= 0.3 is 0 Å². The molecule has 0 heteroatoms. The standard InChI is InChI=1S/C6H12/c1-2-4-6-5-3-1/h1-6H2/i1D2,2D2. The van der Waals surface area contributed by atoms with Gasteiger partial charge in [-0.15, -0.1) is 0 Å². The van der Waals surface area contributed by atoms with Gasteiger partial charge in [0.25, 0.3) is 0 Å². The van der Waals surface area contributed by atoms with Crippen LogP contribution >= 0.6 is 0 Å². The lowest BCUT2D eigenvalue weighted by Crippen LogP contribution is -1.85. The van der Waals surface area contributed by atoms with Gasteiger partial charge in [0.15, 0.2) is 0 Å². The Bertz CT molecular complexity index is 114. The molecule has 0 nitrogen and oxygen atoms in total. The van der Waals surface area contributed by atoms with Gasteiger partial charge in [0.2, 0.25) is 0 Å². The number of hydrogen-bond acceptors (Lipinski definition) is 0. The SMILES string of the molecule is [2H]C1([2H])CCCCC1([2H])[2H]. The van der Waals surface area contributed by atoms with Crippen LogP contribution in [0.5, 0.6) is 0 Å². The average Bonchev–Trinajstić information content (AvgIpc) is 1.77. The van der Waals surface area contributed by atoms with Crippen molar-refractivity contribution >= 4 is 0 Å². The Morgan fingerprint density at radius 3 is 1.67 bits per heavy atom.